The van der Waals surface area contributed by atoms with Crippen LogP contribution in [0.25, 0.3) is 0 Å². The van der Waals surface area contributed by atoms with E-state index in [4.69, 9.17) is 9.47 Å². The van der Waals surface area contributed by atoms with Gasteiger partial charge >= 0.3 is 0 Å². The Labute approximate surface area is 109 Å². The first-order valence-electron chi connectivity index (χ1n) is 5.79. The van der Waals surface area contributed by atoms with Gasteiger partial charge in [-0.1, -0.05) is 0 Å². The van der Waals surface area contributed by atoms with Crippen LogP contribution < -0.4 is 4.74 Å². The molecule has 1 aromatic carbocycles. The molecule has 0 aromatic heterocycles. The summed E-state index contributed by atoms with van der Waals surface area (Å²) < 4.78 is 12.1. The average molecular weight is 299 g/mol. The van der Waals surface area contributed by atoms with Crippen LogP contribution in [0, 0.1) is 0 Å². The van der Waals surface area contributed by atoms with Crippen LogP contribution in [0.3, 0.4) is 0 Å². The van der Waals surface area contributed by atoms with Gasteiger partial charge in [-0.2, -0.15) is 0 Å². The number of hydrogen-bond acceptors (Lipinski definition) is 3. The molecule has 0 spiro atoms. The van der Waals surface area contributed by atoms with Gasteiger partial charge in [0.15, 0.2) is 0 Å². The van der Waals surface area contributed by atoms with Crippen molar-refractivity contribution in [1.82, 2.24) is 0 Å². The number of benzene rings is 1. The topological polar surface area (TPSA) is 35.5 Å². The molecule has 0 amide bonds. The summed E-state index contributed by atoms with van der Waals surface area (Å²) in [6.45, 7) is 1.40. The third-order valence-corrected chi connectivity index (χ3v) is 3.41. The van der Waals surface area contributed by atoms with Crippen LogP contribution in [0.2, 0.25) is 0 Å². The summed E-state index contributed by atoms with van der Waals surface area (Å²) in [5.74, 6) is 0.754. The zero-order chi connectivity index (χ0) is 12.1. The molecule has 3 nitrogen and oxygen atoms in total. The Hall–Kier alpha value is -0.870. The number of carbonyl (C=O) groups is 1. The third kappa shape index (κ3) is 3.54. The van der Waals surface area contributed by atoms with Crippen LogP contribution in [-0.4, -0.2) is 25.6 Å². The first kappa shape index (κ1) is 12.6. The van der Waals surface area contributed by atoms with E-state index in [2.05, 4.69) is 15.9 Å². The second-order valence-corrected chi connectivity index (χ2v) is 4.96. The standard InChI is InChI=1S/C13H15BrO3/c14-12-7-10(8-15)4-5-13(12)17-9-11-3-1-2-6-16-11/h4-5,7-8,11H,1-3,6,9H2. The quantitative estimate of drug-likeness (QED) is 0.801. The maximum absolute atomic E-state index is 10.6. The number of rotatable bonds is 4. The van der Waals surface area contributed by atoms with Gasteiger partial charge in [0, 0.05) is 12.2 Å². The van der Waals surface area contributed by atoms with Gasteiger partial charge in [-0.05, 0) is 53.4 Å². The van der Waals surface area contributed by atoms with Crippen LogP contribution in [0.4, 0.5) is 0 Å². The molecule has 0 bridgehead atoms. The maximum Gasteiger partial charge on any atom is 0.150 e. The van der Waals surface area contributed by atoms with E-state index in [1.807, 2.05) is 0 Å². The molecule has 1 saturated heterocycles. The van der Waals surface area contributed by atoms with Crippen molar-refractivity contribution < 1.29 is 14.3 Å². The molecule has 0 saturated carbocycles. The third-order valence-electron chi connectivity index (χ3n) is 2.79. The molecule has 0 aliphatic carbocycles. The molecule has 92 valence electrons. The minimum Gasteiger partial charge on any atom is -0.490 e. The first-order chi connectivity index (χ1) is 8.29. The Kier molecular flexibility index (Phi) is 4.57. The fourth-order valence-corrected chi connectivity index (χ4v) is 2.34. The summed E-state index contributed by atoms with van der Waals surface area (Å²) in [6, 6.07) is 5.30. The van der Waals surface area contributed by atoms with Gasteiger partial charge in [-0.3, -0.25) is 4.79 Å². The van der Waals surface area contributed by atoms with Crippen LogP contribution in [0.5, 0.6) is 5.75 Å². The van der Waals surface area contributed by atoms with E-state index in [1.54, 1.807) is 18.2 Å². The van der Waals surface area contributed by atoms with Crippen molar-refractivity contribution in [2.45, 2.75) is 25.4 Å². The highest BCUT2D eigenvalue weighted by Gasteiger charge is 2.15. The van der Waals surface area contributed by atoms with Gasteiger partial charge < -0.3 is 9.47 Å². The zero-order valence-electron chi connectivity index (χ0n) is 9.52. The molecular formula is C13H15BrO3. The lowest BCUT2D eigenvalue weighted by atomic mass is 10.1. The van der Waals surface area contributed by atoms with Crippen molar-refractivity contribution in [2.24, 2.45) is 0 Å². The van der Waals surface area contributed by atoms with Crippen LogP contribution in [0.1, 0.15) is 29.6 Å². The van der Waals surface area contributed by atoms with E-state index in [9.17, 15) is 4.79 Å². The molecule has 1 atom stereocenters. The van der Waals surface area contributed by atoms with Crippen molar-refractivity contribution in [3.8, 4) is 5.75 Å². The molecule has 4 heteroatoms. The maximum atomic E-state index is 10.6. The molecule has 1 aromatic rings. The Morgan fingerprint density at radius 2 is 2.35 bits per heavy atom. The Morgan fingerprint density at radius 3 is 3.00 bits per heavy atom. The van der Waals surface area contributed by atoms with Crippen molar-refractivity contribution in [1.29, 1.82) is 0 Å². The Balaban J connectivity index is 1.91. The van der Waals surface area contributed by atoms with Gasteiger partial charge in [-0.25, -0.2) is 0 Å². The van der Waals surface area contributed by atoms with Crippen LogP contribution in [0.15, 0.2) is 22.7 Å². The highest BCUT2D eigenvalue weighted by atomic mass is 79.9. The van der Waals surface area contributed by atoms with Gasteiger partial charge in [0.2, 0.25) is 0 Å². The van der Waals surface area contributed by atoms with E-state index in [1.165, 1.54) is 6.42 Å². The van der Waals surface area contributed by atoms with Gasteiger partial charge in [0.1, 0.15) is 18.6 Å². The van der Waals surface area contributed by atoms with Crippen molar-refractivity contribution in [3.63, 3.8) is 0 Å². The second kappa shape index (κ2) is 6.17. The monoisotopic (exact) mass is 298 g/mol. The molecule has 1 unspecified atom stereocenters. The van der Waals surface area contributed by atoms with Crippen molar-refractivity contribution in [3.05, 3.63) is 28.2 Å². The van der Waals surface area contributed by atoms with Crippen molar-refractivity contribution in [2.75, 3.05) is 13.2 Å². The molecule has 0 N–H and O–H groups in total. The molecule has 17 heavy (non-hydrogen) atoms. The molecule has 0 radical (unpaired) electrons. The molecule has 1 aliphatic rings. The SMILES string of the molecule is O=Cc1ccc(OCC2CCCCO2)c(Br)c1. The number of halogens is 1. The van der Waals surface area contributed by atoms with E-state index in [0.29, 0.717) is 12.2 Å². The van der Waals surface area contributed by atoms with E-state index in [0.717, 1.165) is 36.0 Å². The second-order valence-electron chi connectivity index (χ2n) is 4.11. The number of ether oxygens (including phenoxy) is 2. The molecule has 2 rings (SSSR count). The fourth-order valence-electron chi connectivity index (χ4n) is 1.83. The molecule has 1 aliphatic heterocycles. The lowest BCUT2D eigenvalue weighted by Crippen LogP contribution is -2.25. The summed E-state index contributed by atoms with van der Waals surface area (Å²) in [7, 11) is 0. The fraction of sp³-hybridized carbons (Fsp3) is 0.462. The summed E-state index contributed by atoms with van der Waals surface area (Å²) in [5, 5.41) is 0. The Morgan fingerprint density at radius 1 is 1.47 bits per heavy atom. The van der Waals surface area contributed by atoms with E-state index >= 15 is 0 Å². The molecular weight excluding hydrogens is 284 g/mol. The van der Waals surface area contributed by atoms with E-state index < -0.39 is 0 Å². The number of carbonyl (C=O) groups excluding carboxylic acids is 1. The van der Waals surface area contributed by atoms with Crippen molar-refractivity contribution >= 4 is 22.2 Å². The highest BCUT2D eigenvalue weighted by molar-refractivity contribution is 9.10. The normalized spacial score (nSPS) is 19.9. The predicted molar refractivity (Wildman–Crippen MR) is 68.6 cm³/mol. The minimum absolute atomic E-state index is 0.196. The number of hydrogen-bond donors (Lipinski definition) is 0. The highest BCUT2D eigenvalue weighted by Crippen LogP contribution is 2.26. The van der Waals surface area contributed by atoms with Gasteiger partial charge in [0.05, 0.1) is 10.6 Å². The van der Waals surface area contributed by atoms with Crippen LogP contribution in [-0.2, 0) is 4.74 Å². The number of aldehydes is 1. The summed E-state index contributed by atoms with van der Waals surface area (Å²) in [4.78, 5) is 10.6. The summed E-state index contributed by atoms with van der Waals surface area (Å²) in [6.07, 6.45) is 4.43. The lowest BCUT2D eigenvalue weighted by molar-refractivity contribution is -0.0112. The largest absolute Gasteiger partial charge is 0.490 e. The van der Waals surface area contributed by atoms with Gasteiger partial charge in [-0.15, -0.1) is 0 Å². The minimum atomic E-state index is 0.196. The summed E-state index contributed by atoms with van der Waals surface area (Å²) in [5.41, 5.74) is 0.637. The first-order valence-corrected chi connectivity index (χ1v) is 6.58. The zero-order valence-corrected chi connectivity index (χ0v) is 11.1. The average Bonchev–Trinajstić information content (AvgIpc) is 2.38. The van der Waals surface area contributed by atoms with Gasteiger partial charge in [0.25, 0.3) is 0 Å². The predicted octanol–water partition coefficient (Wildman–Crippen LogP) is 3.21. The smallest absolute Gasteiger partial charge is 0.150 e. The van der Waals surface area contributed by atoms with E-state index in [-0.39, 0.29) is 6.10 Å². The Bertz CT molecular complexity index is 386. The molecule has 1 heterocycles. The summed E-state index contributed by atoms with van der Waals surface area (Å²) >= 11 is 3.39. The van der Waals surface area contributed by atoms with Crippen LogP contribution >= 0.6 is 15.9 Å². The molecule has 1 fully saturated rings. The lowest BCUT2D eigenvalue weighted by Gasteiger charge is -2.22.